The molecule has 0 saturated heterocycles. The van der Waals surface area contributed by atoms with Crippen LogP contribution in [0.4, 0.5) is 0 Å². The molecule has 0 fully saturated rings. The number of carbonyl (C=O) groups excluding carboxylic acids is 1. The zero-order chi connectivity index (χ0) is 18.5. The molecule has 1 rings (SSSR count). The molecule has 0 bridgehead atoms. The lowest BCUT2D eigenvalue weighted by Crippen LogP contribution is -2.44. The minimum Gasteiger partial charge on any atom is -0.372 e. The van der Waals surface area contributed by atoms with Crippen LogP contribution in [0.15, 0.2) is 23.5 Å². The second-order valence-electron chi connectivity index (χ2n) is 7.03. The van der Waals surface area contributed by atoms with Gasteiger partial charge in [-0.3, -0.25) is 4.79 Å². The average Bonchev–Trinajstić information content (AvgIpc) is 2.51. The van der Waals surface area contributed by atoms with Crippen molar-refractivity contribution < 1.29 is 9.90 Å². The Hall–Kier alpha value is -1.51. The molecule has 0 heterocycles. The predicted molar refractivity (Wildman–Crippen MR) is 103 cm³/mol. The highest BCUT2D eigenvalue weighted by molar-refractivity contribution is 6.83. The predicted octanol–water partition coefficient (Wildman–Crippen LogP) is 2.63. The Morgan fingerprint density at radius 3 is 1.96 bits per heavy atom. The number of rotatable bonds is 6. The van der Waals surface area contributed by atoms with Crippen molar-refractivity contribution in [3.8, 4) is 11.5 Å². The fraction of sp³-hybridized carbons (Fsp3) is 0.632. The fourth-order valence-electron chi connectivity index (χ4n) is 2.74. The van der Waals surface area contributed by atoms with E-state index in [4.69, 9.17) is 0 Å². The van der Waals surface area contributed by atoms with E-state index in [9.17, 15) is 9.90 Å². The number of ketones is 1. The van der Waals surface area contributed by atoms with Gasteiger partial charge in [0.25, 0.3) is 0 Å². The van der Waals surface area contributed by atoms with Gasteiger partial charge >= 0.3 is 0 Å². The highest BCUT2D eigenvalue weighted by atomic mass is 28.3. The Morgan fingerprint density at radius 1 is 1.04 bits per heavy atom. The van der Waals surface area contributed by atoms with Crippen molar-refractivity contribution in [2.24, 2.45) is 0 Å². The third-order valence-corrected chi connectivity index (χ3v) is 4.97. The van der Waals surface area contributed by atoms with Gasteiger partial charge in [-0.15, -0.1) is 5.54 Å². The molecular weight excluding hydrogens is 316 g/mol. The number of carbonyl (C=O) groups is 1. The van der Waals surface area contributed by atoms with E-state index >= 15 is 0 Å². The molecule has 0 saturated carbocycles. The van der Waals surface area contributed by atoms with Gasteiger partial charge in [0.05, 0.1) is 11.4 Å². The lowest BCUT2D eigenvalue weighted by molar-refractivity contribution is -0.113. The second-order valence-corrected chi connectivity index (χ2v) is 11.8. The van der Waals surface area contributed by atoms with Gasteiger partial charge in [-0.25, -0.2) is 0 Å². The number of likely N-dealkylation sites (N-methyl/N-ethyl adjacent to an activating group) is 2. The summed E-state index contributed by atoms with van der Waals surface area (Å²) in [5.74, 6) is 3.04. The van der Waals surface area contributed by atoms with Gasteiger partial charge in [-0.2, -0.15) is 0 Å². The third-order valence-electron chi connectivity index (χ3n) is 4.09. The summed E-state index contributed by atoms with van der Waals surface area (Å²) in [5, 5.41) is 11.3. The second kappa shape index (κ2) is 8.04. The molecule has 5 heteroatoms. The van der Waals surface area contributed by atoms with Gasteiger partial charge < -0.3 is 14.9 Å². The Bertz CT molecular complexity index is 585. The van der Waals surface area contributed by atoms with E-state index in [2.05, 4.69) is 31.1 Å². The Labute approximate surface area is 148 Å². The summed E-state index contributed by atoms with van der Waals surface area (Å²) >= 11 is 0. The van der Waals surface area contributed by atoms with E-state index in [0.717, 1.165) is 26.2 Å². The smallest absolute Gasteiger partial charge is 0.203 e. The van der Waals surface area contributed by atoms with Crippen LogP contribution in [-0.4, -0.2) is 60.5 Å². The highest BCUT2D eigenvalue weighted by Crippen LogP contribution is 2.29. The molecule has 0 spiro atoms. The van der Waals surface area contributed by atoms with Gasteiger partial charge in [-0.05, 0) is 33.8 Å². The normalized spacial score (nSPS) is 20.8. The van der Waals surface area contributed by atoms with Gasteiger partial charge in [0.2, 0.25) is 5.78 Å². The molecule has 1 N–H and O–H groups in total. The number of nitrogens with zero attached hydrogens (tertiary/aromatic N) is 2. The highest BCUT2D eigenvalue weighted by Gasteiger charge is 2.37. The molecule has 0 radical (unpaired) electrons. The summed E-state index contributed by atoms with van der Waals surface area (Å²) in [6.45, 7) is 17.4. The summed E-state index contributed by atoms with van der Waals surface area (Å²) in [4.78, 5) is 16.6. The molecule has 0 aromatic rings. The maximum atomic E-state index is 12.6. The molecule has 1 aliphatic carbocycles. The Balaban J connectivity index is 3.48. The summed E-state index contributed by atoms with van der Waals surface area (Å²) in [6.07, 6.45) is 3.22. The van der Waals surface area contributed by atoms with Gasteiger partial charge in [-0.1, -0.05) is 25.6 Å². The molecule has 0 aliphatic heterocycles. The number of allylic oxidation sites excluding steroid dienone is 1. The van der Waals surface area contributed by atoms with E-state index < -0.39 is 13.7 Å². The van der Waals surface area contributed by atoms with Crippen LogP contribution in [0.3, 0.4) is 0 Å². The maximum absolute atomic E-state index is 12.6. The minimum atomic E-state index is -1.65. The maximum Gasteiger partial charge on any atom is 0.203 e. The zero-order valence-electron chi connectivity index (χ0n) is 16.2. The summed E-state index contributed by atoms with van der Waals surface area (Å²) in [7, 11) is -1.65. The minimum absolute atomic E-state index is 0.0555. The van der Waals surface area contributed by atoms with Crippen molar-refractivity contribution in [2.75, 3.05) is 26.2 Å². The molecule has 0 aromatic carbocycles. The largest absolute Gasteiger partial charge is 0.372 e. The summed E-state index contributed by atoms with van der Waals surface area (Å²) < 4.78 is 0. The Kier molecular flexibility index (Phi) is 6.88. The fourth-order valence-corrected chi connectivity index (χ4v) is 3.31. The van der Waals surface area contributed by atoms with Crippen molar-refractivity contribution in [1.29, 1.82) is 0 Å². The first-order chi connectivity index (χ1) is 11.1. The van der Waals surface area contributed by atoms with Gasteiger partial charge in [0, 0.05) is 32.3 Å². The van der Waals surface area contributed by atoms with E-state index in [0.29, 0.717) is 11.4 Å². The number of hydrogen-bond acceptors (Lipinski definition) is 4. The molecule has 134 valence electrons. The van der Waals surface area contributed by atoms with Crippen LogP contribution in [0.2, 0.25) is 19.6 Å². The van der Waals surface area contributed by atoms with E-state index in [1.807, 2.05) is 37.5 Å². The lowest BCUT2D eigenvalue weighted by Gasteiger charge is -2.37. The molecule has 1 atom stereocenters. The van der Waals surface area contributed by atoms with E-state index in [1.54, 1.807) is 12.2 Å². The number of aliphatic hydroxyl groups is 1. The van der Waals surface area contributed by atoms with E-state index in [1.165, 1.54) is 0 Å². The Morgan fingerprint density at radius 2 is 1.54 bits per heavy atom. The van der Waals surface area contributed by atoms with Crippen LogP contribution >= 0.6 is 0 Å². The van der Waals surface area contributed by atoms with Crippen molar-refractivity contribution in [1.82, 2.24) is 9.80 Å². The lowest BCUT2D eigenvalue weighted by atomic mass is 9.90. The van der Waals surface area contributed by atoms with Crippen LogP contribution in [-0.2, 0) is 4.79 Å². The third kappa shape index (κ3) is 4.75. The molecule has 0 aromatic heterocycles. The van der Waals surface area contributed by atoms with Gasteiger partial charge in [0.1, 0.15) is 8.07 Å². The van der Waals surface area contributed by atoms with Crippen LogP contribution in [0, 0.1) is 11.5 Å². The van der Waals surface area contributed by atoms with Crippen molar-refractivity contribution >= 4 is 13.9 Å². The van der Waals surface area contributed by atoms with Crippen LogP contribution in [0.5, 0.6) is 0 Å². The van der Waals surface area contributed by atoms with Crippen molar-refractivity contribution in [3.05, 3.63) is 23.5 Å². The molecule has 24 heavy (non-hydrogen) atoms. The topological polar surface area (TPSA) is 43.8 Å². The first kappa shape index (κ1) is 20.5. The van der Waals surface area contributed by atoms with Crippen LogP contribution in [0.25, 0.3) is 0 Å². The van der Waals surface area contributed by atoms with E-state index in [-0.39, 0.29) is 5.78 Å². The summed E-state index contributed by atoms with van der Waals surface area (Å²) in [6, 6.07) is 0. The molecule has 1 unspecified atom stereocenters. The van der Waals surface area contributed by atoms with Crippen molar-refractivity contribution in [3.63, 3.8) is 0 Å². The van der Waals surface area contributed by atoms with Gasteiger partial charge in [0.15, 0.2) is 5.60 Å². The first-order valence-electron chi connectivity index (χ1n) is 8.87. The van der Waals surface area contributed by atoms with Crippen LogP contribution in [0.1, 0.15) is 27.7 Å². The zero-order valence-corrected chi connectivity index (χ0v) is 17.2. The number of hydrogen-bond donors (Lipinski definition) is 1. The SMILES string of the molecule is CCN(CC)C1=CC(O)(C#C[Si](C)(C)C)C(N(CC)CC)=CC1=O. The van der Waals surface area contributed by atoms with Crippen LogP contribution < -0.4 is 0 Å². The monoisotopic (exact) mass is 348 g/mol. The quantitative estimate of drug-likeness (QED) is 0.592. The molecule has 0 amide bonds. The molecule has 1 aliphatic rings. The van der Waals surface area contributed by atoms with Crippen molar-refractivity contribution in [2.45, 2.75) is 52.9 Å². The summed E-state index contributed by atoms with van der Waals surface area (Å²) in [5.41, 5.74) is 3.01. The molecule has 4 nitrogen and oxygen atoms in total. The first-order valence-corrected chi connectivity index (χ1v) is 12.4. The standard InChI is InChI=1S/C19H32N2O2Si/c1-8-20(9-2)16-15-19(23,12-13-24(5,6)7)18(14-17(16)22)21(10-3)11-4/h14-15,23H,8-11H2,1-7H3. The molecular formula is C19H32N2O2Si. The average molecular weight is 349 g/mol.